The summed E-state index contributed by atoms with van der Waals surface area (Å²) in [5, 5.41) is 2.54. The van der Waals surface area contributed by atoms with E-state index in [1.165, 1.54) is 7.11 Å². The van der Waals surface area contributed by atoms with Crippen molar-refractivity contribution in [2.75, 3.05) is 12.9 Å². The number of imide groups is 1. The Labute approximate surface area is 195 Å². The van der Waals surface area contributed by atoms with E-state index in [-0.39, 0.29) is 18.1 Å². The summed E-state index contributed by atoms with van der Waals surface area (Å²) < 4.78 is 10.0. The van der Waals surface area contributed by atoms with Gasteiger partial charge >= 0.3 is 12.1 Å². The van der Waals surface area contributed by atoms with E-state index in [1.54, 1.807) is 34.6 Å². The van der Waals surface area contributed by atoms with E-state index >= 15 is 0 Å². The third-order valence-electron chi connectivity index (χ3n) is 4.54. The number of benzene rings is 1. The number of hydrogen-bond donors (Lipinski definition) is 2. The molecule has 8 nitrogen and oxygen atoms in total. The summed E-state index contributed by atoms with van der Waals surface area (Å²) in [6.07, 6.45) is -0.411. The highest BCUT2D eigenvalue weighted by Gasteiger charge is 2.39. The van der Waals surface area contributed by atoms with Crippen LogP contribution in [0.15, 0.2) is 30.3 Å². The summed E-state index contributed by atoms with van der Waals surface area (Å²) in [7, 11) is 1.18. The molecular formula is C23H34N2O6S. The fourth-order valence-electron chi connectivity index (χ4n) is 2.96. The van der Waals surface area contributed by atoms with Crippen LogP contribution in [0.3, 0.4) is 0 Å². The molecule has 0 spiro atoms. The van der Waals surface area contributed by atoms with Crippen LogP contribution < -0.4 is 5.32 Å². The Morgan fingerprint density at radius 1 is 1.09 bits per heavy atom. The number of aryl methyl sites for hydroxylation is 1. The van der Waals surface area contributed by atoms with Crippen molar-refractivity contribution < 1.29 is 28.7 Å². The van der Waals surface area contributed by atoms with Gasteiger partial charge in [0.15, 0.2) is 0 Å². The molecule has 0 aliphatic rings. The Morgan fingerprint density at radius 2 is 1.69 bits per heavy atom. The van der Waals surface area contributed by atoms with Crippen LogP contribution in [-0.2, 0) is 30.3 Å². The number of hydrogen-bond acceptors (Lipinski definition) is 7. The summed E-state index contributed by atoms with van der Waals surface area (Å²) in [4.78, 5) is 52.1. The number of rotatable bonds is 9. The number of carbonyl (C=O) groups excluding carboxylic acids is 4. The number of esters is 1. The van der Waals surface area contributed by atoms with Crippen LogP contribution in [0.2, 0.25) is 0 Å². The van der Waals surface area contributed by atoms with E-state index in [2.05, 4.69) is 17.9 Å². The van der Waals surface area contributed by atoms with Gasteiger partial charge in [-0.15, -0.1) is 0 Å². The molecular weight excluding hydrogens is 432 g/mol. The van der Waals surface area contributed by atoms with Gasteiger partial charge in [0.05, 0.1) is 7.11 Å². The van der Waals surface area contributed by atoms with Crippen LogP contribution in [0.4, 0.5) is 4.79 Å². The van der Waals surface area contributed by atoms with Crippen LogP contribution in [0.25, 0.3) is 0 Å². The van der Waals surface area contributed by atoms with E-state index in [1.807, 2.05) is 30.3 Å². The monoisotopic (exact) mass is 466 g/mol. The lowest BCUT2D eigenvalue weighted by molar-refractivity contribution is -0.160. The smallest absolute Gasteiger partial charge is 0.408 e. The van der Waals surface area contributed by atoms with Gasteiger partial charge in [0, 0.05) is 12.2 Å². The first kappa shape index (κ1) is 27.5. The molecule has 0 unspecified atom stereocenters. The minimum atomic E-state index is -1.22. The van der Waals surface area contributed by atoms with Gasteiger partial charge in [-0.3, -0.25) is 14.5 Å². The third-order valence-corrected chi connectivity index (χ3v) is 4.89. The van der Waals surface area contributed by atoms with Gasteiger partial charge in [-0.2, -0.15) is 12.6 Å². The summed E-state index contributed by atoms with van der Waals surface area (Å²) in [5.74, 6) is -2.53. The van der Waals surface area contributed by atoms with Crippen LogP contribution in [-0.4, -0.2) is 59.3 Å². The lowest BCUT2D eigenvalue weighted by atomic mass is 10.0. The second-order valence-corrected chi connectivity index (χ2v) is 9.04. The number of carbonyl (C=O) groups is 4. The van der Waals surface area contributed by atoms with Gasteiger partial charge < -0.3 is 14.8 Å². The number of methoxy groups -OCH3 is 1. The van der Waals surface area contributed by atoms with Crippen LogP contribution >= 0.6 is 12.6 Å². The maximum absolute atomic E-state index is 13.5. The quantitative estimate of drug-likeness (QED) is 0.429. The van der Waals surface area contributed by atoms with Gasteiger partial charge in [-0.05, 0) is 38.7 Å². The minimum absolute atomic E-state index is 0.00568. The Morgan fingerprint density at radius 3 is 2.16 bits per heavy atom. The number of amides is 3. The summed E-state index contributed by atoms with van der Waals surface area (Å²) in [6, 6.07) is 7.01. The Kier molecular flexibility index (Phi) is 10.7. The number of thiol groups is 1. The molecule has 1 rings (SSSR count). The number of alkyl carbamates (subject to hydrolysis) is 1. The Balaban J connectivity index is 3.18. The van der Waals surface area contributed by atoms with Crippen LogP contribution in [0, 0.1) is 5.92 Å². The predicted molar refractivity (Wildman–Crippen MR) is 124 cm³/mol. The number of ether oxygens (including phenoxy) is 2. The zero-order chi connectivity index (χ0) is 24.5. The number of nitrogens with zero attached hydrogens (tertiary/aromatic N) is 1. The fourth-order valence-corrected chi connectivity index (χ4v) is 3.27. The van der Waals surface area contributed by atoms with Crippen molar-refractivity contribution in [3.63, 3.8) is 0 Å². The van der Waals surface area contributed by atoms with Crippen molar-refractivity contribution in [1.82, 2.24) is 10.2 Å². The highest BCUT2D eigenvalue weighted by Crippen LogP contribution is 2.16. The van der Waals surface area contributed by atoms with Crippen LogP contribution in [0.1, 0.15) is 46.6 Å². The molecule has 1 aromatic carbocycles. The summed E-state index contributed by atoms with van der Waals surface area (Å²) in [6.45, 7) is 8.55. The molecule has 0 aromatic heterocycles. The Hall–Kier alpha value is -2.55. The normalized spacial score (nSPS) is 13.1. The summed E-state index contributed by atoms with van der Waals surface area (Å²) >= 11 is 4.16. The summed E-state index contributed by atoms with van der Waals surface area (Å²) in [5.41, 5.74) is 0.153. The Bertz CT molecular complexity index is 791. The molecule has 3 amide bonds. The lowest BCUT2D eigenvalue weighted by Gasteiger charge is -2.32. The van der Waals surface area contributed by atoms with E-state index in [4.69, 9.17) is 9.47 Å². The topological polar surface area (TPSA) is 102 Å². The fraction of sp³-hybridized carbons (Fsp3) is 0.565. The molecule has 2 atom stereocenters. The zero-order valence-electron chi connectivity index (χ0n) is 19.6. The largest absolute Gasteiger partial charge is 0.467 e. The molecule has 32 heavy (non-hydrogen) atoms. The SMILES string of the molecule is COC(=O)[C@H](CS)N(C(=O)CCc1ccccc1)C(=O)[C@@H](NC(=O)OC(C)(C)C)C(C)C. The van der Waals surface area contributed by atoms with Gasteiger partial charge in [0.1, 0.15) is 17.7 Å². The highest BCUT2D eigenvalue weighted by molar-refractivity contribution is 7.80. The predicted octanol–water partition coefficient (Wildman–Crippen LogP) is 3.00. The molecule has 0 aliphatic carbocycles. The molecule has 0 saturated carbocycles. The second-order valence-electron chi connectivity index (χ2n) is 8.68. The molecule has 0 radical (unpaired) electrons. The van der Waals surface area contributed by atoms with Crippen molar-refractivity contribution in [3.05, 3.63) is 35.9 Å². The lowest BCUT2D eigenvalue weighted by Crippen LogP contribution is -2.58. The van der Waals surface area contributed by atoms with E-state index in [0.29, 0.717) is 6.42 Å². The van der Waals surface area contributed by atoms with Gasteiger partial charge in [-0.25, -0.2) is 9.59 Å². The average molecular weight is 467 g/mol. The van der Waals surface area contributed by atoms with E-state index in [9.17, 15) is 19.2 Å². The molecule has 0 fully saturated rings. The first-order chi connectivity index (χ1) is 14.9. The van der Waals surface area contributed by atoms with Gasteiger partial charge in [-0.1, -0.05) is 44.2 Å². The van der Waals surface area contributed by atoms with Crippen molar-refractivity contribution in [2.45, 2.75) is 65.1 Å². The average Bonchev–Trinajstić information content (AvgIpc) is 2.72. The molecule has 0 aliphatic heterocycles. The molecule has 1 N–H and O–H groups in total. The maximum atomic E-state index is 13.5. The first-order valence-corrected chi connectivity index (χ1v) is 11.1. The van der Waals surface area contributed by atoms with Crippen molar-refractivity contribution >= 4 is 36.5 Å². The van der Waals surface area contributed by atoms with E-state index in [0.717, 1.165) is 10.5 Å². The van der Waals surface area contributed by atoms with Gasteiger partial charge in [0.25, 0.3) is 5.91 Å². The maximum Gasteiger partial charge on any atom is 0.408 e. The molecule has 0 heterocycles. The van der Waals surface area contributed by atoms with Crippen molar-refractivity contribution in [3.8, 4) is 0 Å². The van der Waals surface area contributed by atoms with Gasteiger partial charge in [0.2, 0.25) is 5.91 Å². The molecule has 9 heteroatoms. The zero-order valence-corrected chi connectivity index (χ0v) is 20.5. The first-order valence-electron chi connectivity index (χ1n) is 10.5. The molecule has 0 bridgehead atoms. The number of nitrogens with one attached hydrogen (secondary N) is 1. The van der Waals surface area contributed by atoms with E-state index < -0.39 is 41.6 Å². The van der Waals surface area contributed by atoms with Crippen LogP contribution in [0.5, 0.6) is 0 Å². The van der Waals surface area contributed by atoms with Crippen molar-refractivity contribution in [1.29, 1.82) is 0 Å². The standard InChI is InChI=1S/C23H34N2O6S/c1-15(2)19(24-22(29)31-23(3,4)5)20(27)25(17(14-32)21(28)30-6)18(26)13-12-16-10-8-7-9-11-16/h7-11,15,17,19,32H,12-14H2,1-6H3,(H,24,29)/t17-,19-/m0/s1. The third kappa shape index (κ3) is 8.53. The highest BCUT2D eigenvalue weighted by atomic mass is 32.1. The second kappa shape index (κ2) is 12.5. The molecule has 1 aromatic rings. The molecule has 178 valence electrons. The molecule has 0 saturated heterocycles. The minimum Gasteiger partial charge on any atom is -0.467 e. The van der Waals surface area contributed by atoms with Crippen molar-refractivity contribution in [2.24, 2.45) is 5.92 Å².